The molecule has 0 bridgehead atoms. The Bertz CT molecular complexity index is 888. The molecule has 0 heterocycles. The molecule has 0 radical (unpaired) electrons. The normalized spacial score (nSPS) is 11.2. The molecule has 0 aliphatic heterocycles. The number of sulfonamides is 1. The molecule has 26 heavy (non-hydrogen) atoms. The third-order valence-electron chi connectivity index (χ3n) is 3.65. The Hall–Kier alpha value is -2.16. The summed E-state index contributed by atoms with van der Waals surface area (Å²) in [6.07, 6.45) is 0.370. The number of aliphatic hydroxyl groups excluding tert-OH is 1. The second-order valence-corrected chi connectivity index (χ2v) is 7.80. The molecule has 6 nitrogen and oxygen atoms in total. The molecule has 0 aliphatic rings. The zero-order valence-electron chi connectivity index (χ0n) is 13.9. The lowest BCUT2D eigenvalue weighted by atomic mass is 10.2. The van der Waals surface area contributed by atoms with Crippen molar-refractivity contribution in [3.05, 3.63) is 58.9 Å². The first-order valence-electron chi connectivity index (χ1n) is 7.70. The van der Waals surface area contributed by atoms with Crippen molar-refractivity contribution in [2.45, 2.75) is 11.3 Å². The van der Waals surface area contributed by atoms with Crippen LogP contribution in [0.3, 0.4) is 0 Å². The van der Waals surface area contributed by atoms with E-state index in [0.717, 1.165) is 16.4 Å². The van der Waals surface area contributed by atoms with Gasteiger partial charge in [-0.1, -0.05) is 11.6 Å². The Morgan fingerprint density at radius 1 is 1.23 bits per heavy atom. The van der Waals surface area contributed by atoms with Gasteiger partial charge in [-0.25, -0.2) is 12.8 Å². The van der Waals surface area contributed by atoms with Crippen LogP contribution in [-0.4, -0.2) is 39.6 Å². The van der Waals surface area contributed by atoms with Crippen LogP contribution in [0.2, 0.25) is 5.02 Å². The van der Waals surface area contributed by atoms with E-state index in [1.54, 1.807) is 0 Å². The SMILES string of the molecule is CN(c1ccc(F)cc1)S(=O)(=O)c1ccc(Cl)c(C(=O)NCCCO)c1. The van der Waals surface area contributed by atoms with Gasteiger partial charge in [0.1, 0.15) is 5.82 Å². The smallest absolute Gasteiger partial charge is 0.264 e. The highest BCUT2D eigenvalue weighted by Crippen LogP contribution is 2.26. The number of aliphatic hydroxyl groups is 1. The summed E-state index contributed by atoms with van der Waals surface area (Å²) in [5, 5.41) is 11.4. The maximum atomic E-state index is 13.0. The Morgan fingerprint density at radius 2 is 1.88 bits per heavy atom. The van der Waals surface area contributed by atoms with Crippen LogP contribution in [0.25, 0.3) is 0 Å². The molecule has 2 aromatic carbocycles. The number of halogens is 2. The molecule has 1 amide bonds. The van der Waals surface area contributed by atoms with E-state index in [-0.39, 0.29) is 34.3 Å². The average Bonchev–Trinajstić information content (AvgIpc) is 2.62. The summed E-state index contributed by atoms with van der Waals surface area (Å²) in [7, 11) is -2.64. The zero-order valence-corrected chi connectivity index (χ0v) is 15.5. The third kappa shape index (κ3) is 4.51. The average molecular weight is 401 g/mol. The predicted octanol–water partition coefficient (Wildman–Crippen LogP) is 2.42. The minimum atomic E-state index is -3.97. The molecule has 0 aromatic heterocycles. The van der Waals surface area contributed by atoms with Gasteiger partial charge in [0.15, 0.2) is 0 Å². The summed E-state index contributed by atoms with van der Waals surface area (Å²) in [5.74, 6) is -1.02. The van der Waals surface area contributed by atoms with Crippen LogP contribution in [0.15, 0.2) is 47.4 Å². The quantitative estimate of drug-likeness (QED) is 0.699. The first-order valence-corrected chi connectivity index (χ1v) is 9.52. The Kier molecular flexibility index (Phi) is 6.57. The molecule has 9 heteroatoms. The van der Waals surface area contributed by atoms with E-state index >= 15 is 0 Å². The summed E-state index contributed by atoms with van der Waals surface area (Å²) in [5.41, 5.74) is 0.286. The van der Waals surface area contributed by atoms with E-state index in [1.165, 1.54) is 37.4 Å². The van der Waals surface area contributed by atoms with E-state index in [9.17, 15) is 17.6 Å². The molecule has 140 valence electrons. The molecule has 0 aliphatic carbocycles. The summed E-state index contributed by atoms with van der Waals surface area (Å²) < 4.78 is 39.6. The second kappa shape index (κ2) is 8.48. The van der Waals surface area contributed by atoms with Gasteiger partial charge in [-0.3, -0.25) is 9.10 Å². The van der Waals surface area contributed by atoms with E-state index in [2.05, 4.69) is 5.32 Å². The van der Waals surface area contributed by atoms with Gasteiger partial charge in [-0.15, -0.1) is 0 Å². The van der Waals surface area contributed by atoms with Crippen LogP contribution in [0, 0.1) is 5.82 Å². The fourth-order valence-electron chi connectivity index (χ4n) is 2.16. The fourth-order valence-corrected chi connectivity index (χ4v) is 3.59. The van der Waals surface area contributed by atoms with Crippen LogP contribution in [0.4, 0.5) is 10.1 Å². The molecule has 0 atom stereocenters. The van der Waals surface area contributed by atoms with Crippen molar-refractivity contribution in [1.82, 2.24) is 5.32 Å². The summed E-state index contributed by atoms with van der Waals surface area (Å²) in [6.45, 7) is 0.156. The molecule has 0 saturated heterocycles. The highest BCUT2D eigenvalue weighted by molar-refractivity contribution is 7.92. The summed E-state index contributed by atoms with van der Waals surface area (Å²) >= 11 is 6.01. The lowest BCUT2D eigenvalue weighted by Crippen LogP contribution is -2.28. The number of nitrogens with zero attached hydrogens (tertiary/aromatic N) is 1. The molecule has 2 rings (SSSR count). The standard InChI is InChI=1S/C17H18ClFN2O4S/c1-21(13-5-3-12(19)4-6-13)26(24,25)14-7-8-16(18)15(11-14)17(23)20-9-2-10-22/h3-8,11,22H,2,9-10H2,1H3,(H,20,23). The number of carbonyl (C=O) groups excluding carboxylic acids is 1. The van der Waals surface area contributed by atoms with Gasteiger partial charge in [0, 0.05) is 20.2 Å². The highest BCUT2D eigenvalue weighted by Gasteiger charge is 2.23. The highest BCUT2D eigenvalue weighted by atomic mass is 35.5. The molecule has 0 saturated carbocycles. The predicted molar refractivity (Wildman–Crippen MR) is 97.5 cm³/mol. The minimum Gasteiger partial charge on any atom is -0.396 e. The Morgan fingerprint density at radius 3 is 2.50 bits per heavy atom. The minimum absolute atomic E-state index is 0.0122. The number of rotatable bonds is 7. The first-order chi connectivity index (χ1) is 12.3. The molecule has 2 aromatic rings. The Labute approximate surface area is 156 Å². The number of hydrogen-bond acceptors (Lipinski definition) is 4. The third-order valence-corrected chi connectivity index (χ3v) is 5.76. The van der Waals surface area contributed by atoms with Crippen molar-refractivity contribution >= 4 is 33.2 Å². The van der Waals surface area contributed by atoms with Crippen molar-refractivity contribution in [2.75, 3.05) is 24.5 Å². The largest absolute Gasteiger partial charge is 0.396 e. The van der Waals surface area contributed by atoms with Crippen LogP contribution in [0.1, 0.15) is 16.8 Å². The van der Waals surface area contributed by atoms with E-state index in [0.29, 0.717) is 6.42 Å². The molecular weight excluding hydrogens is 383 g/mol. The van der Waals surface area contributed by atoms with Crippen molar-refractivity contribution < 1.29 is 22.7 Å². The molecular formula is C17H18ClFN2O4S. The van der Waals surface area contributed by atoms with E-state index in [4.69, 9.17) is 16.7 Å². The van der Waals surface area contributed by atoms with E-state index in [1.807, 2.05) is 0 Å². The van der Waals surface area contributed by atoms with Gasteiger partial charge < -0.3 is 10.4 Å². The van der Waals surface area contributed by atoms with Gasteiger partial charge in [0.25, 0.3) is 15.9 Å². The van der Waals surface area contributed by atoms with Gasteiger partial charge >= 0.3 is 0 Å². The number of amides is 1. The second-order valence-electron chi connectivity index (χ2n) is 5.42. The summed E-state index contributed by atoms with van der Waals surface area (Å²) in [6, 6.07) is 8.80. The van der Waals surface area contributed by atoms with Crippen molar-refractivity contribution in [3.8, 4) is 0 Å². The zero-order chi connectivity index (χ0) is 19.3. The topological polar surface area (TPSA) is 86.7 Å². The number of nitrogens with one attached hydrogen (secondary N) is 1. The van der Waals surface area contributed by atoms with Crippen LogP contribution in [-0.2, 0) is 10.0 Å². The van der Waals surface area contributed by atoms with Gasteiger partial charge in [0.05, 0.1) is 21.2 Å². The molecule has 0 spiro atoms. The number of carbonyl (C=O) groups is 1. The van der Waals surface area contributed by atoms with Gasteiger partial charge in [0.2, 0.25) is 0 Å². The van der Waals surface area contributed by atoms with E-state index < -0.39 is 21.7 Å². The molecule has 0 unspecified atom stereocenters. The lowest BCUT2D eigenvalue weighted by molar-refractivity contribution is 0.0951. The molecule has 0 fully saturated rings. The van der Waals surface area contributed by atoms with Crippen LogP contribution < -0.4 is 9.62 Å². The first kappa shape index (κ1) is 20.2. The van der Waals surface area contributed by atoms with Crippen LogP contribution >= 0.6 is 11.6 Å². The number of hydrogen-bond donors (Lipinski definition) is 2. The molecule has 2 N–H and O–H groups in total. The number of anilines is 1. The van der Waals surface area contributed by atoms with Crippen LogP contribution in [0.5, 0.6) is 0 Å². The van der Waals surface area contributed by atoms with Crippen molar-refractivity contribution in [1.29, 1.82) is 0 Å². The maximum Gasteiger partial charge on any atom is 0.264 e. The Balaban J connectivity index is 2.33. The van der Waals surface area contributed by atoms with Gasteiger partial charge in [-0.2, -0.15) is 0 Å². The van der Waals surface area contributed by atoms with Crippen molar-refractivity contribution in [3.63, 3.8) is 0 Å². The maximum absolute atomic E-state index is 13.0. The number of benzene rings is 2. The fraction of sp³-hybridized carbons (Fsp3) is 0.235. The van der Waals surface area contributed by atoms with Crippen molar-refractivity contribution in [2.24, 2.45) is 0 Å². The lowest BCUT2D eigenvalue weighted by Gasteiger charge is -2.20. The summed E-state index contributed by atoms with van der Waals surface area (Å²) in [4.78, 5) is 12.0. The monoisotopic (exact) mass is 400 g/mol. The van der Waals surface area contributed by atoms with Gasteiger partial charge in [-0.05, 0) is 48.9 Å².